The van der Waals surface area contributed by atoms with Gasteiger partial charge in [0, 0.05) is 6.07 Å². The van der Waals surface area contributed by atoms with E-state index in [1.807, 2.05) is 0 Å². The van der Waals surface area contributed by atoms with E-state index < -0.39 is 9.94 Å². The number of aliphatic hydroxyl groups is 1. The molecular formula is C14H12BrNO4. The summed E-state index contributed by atoms with van der Waals surface area (Å²) in [5.74, 6) is 0.583. The third-order valence-electron chi connectivity index (χ3n) is 2.74. The molecule has 2 rings (SSSR count). The molecule has 0 spiro atoms. The molecule has 1 atom stereocenters. The van der Waals surface area contributed by atoms with Crippen LogP contribution in [-0.2, 0) is 6.61 Å². The Morgan fingerprint density at radius 3 is 2.45 bits per heavy atom. The molecule has 0 saturated carbocycles. The van der Waals surface area contributed by atoms with Gasteiger partial charge in [-0.3, -0.25) is 10.1 Å². The highest BCUT2D eigenvalue weighted by Gasteiger charge is 2.12. The maximum atomic E-state index is 10.9. The van der Waals surface area contributed by atoms with Crippen LogP contribution in [0.5, 0.6) is 5.75 Å². The SMILES string of the molecule is O=[N+]([O-])c1ccccc1COc1ccc(C(O)Br)cc1. The number of ether oxygens (including phenoxy) is 1. The van der Waals surface area contributed by atoms with Crippen LogP contribution < -0.4 is 4.74 Å². The van der Waals surface area contributed by atoms with E-state index in [2.05, 4.69) is 15.9 Å². The average molecular weight is 338 g/mol. The van der Waals surface area contributed by atoms with Crippen molar-refractivity contribution in [2.24, 2.45) is 0 Å². The van der Waals surface area contributed by atoms with Crippen molar-refractivity contribution in [1.29, 1.82) is 0 Å². The van der Waals surface area contributed by atoms with Gasteiger partial charge in [0.05, 0.1) is 10.5 Å². The first-order valence-electron chi connectivity index (χ1n) is 5.85. The summed E-state index contributed by atoms with van der Waals surface area (Å²) in [6.45, 7) is 0.118. The predicted molar refractivity (Wildman–Crippen MR) is 77.8 cm³/mol. The number of nitrogens with zero attached hydrogens (tertiary/aromatic N) is 1. The van der Waals surface area contributed by atoms with Crippen LogP contribution in [0.25, 0.3) is 0 Å². The molecule has 1 unspecified atom stereocenters. The number of para-hydroxylation sites is 1. The van der Waals surface area contributed by atoms with Gasteiger partial charge < -0.3 is 9.84 Å². The van der Waals surface area contributed by atoms with Gasteiger partial charge in [0.15, 0.2) is 0 Å². The van der Waals surface area contributed by atoms with E-state index in [0.29, 0.717) is 16.9 Å². The summed E-state index contributed by atoms with van der Waals surface area (Å²) in [6, 6.07) is 13.3. The fourth-order valence-electron chi connectivity index (χ4n) is 1.69. The average Bonchev–Trinajstić information content (AvgIpc) is 2.45. The zero-order valence-electron chi connectivity index (χ0n) is 10.4. The molecule has 0 aromatic heterocycles. The van der Waals surface area contributed by atoms with E-state index in [1.165, 1.54) is 6.07 Å². The third kappa shape index (κ3) is 3.55. The van der Waals surface area contributed by atoms with Crippen LogP contribution in [0, 0.1) is 10.1 Å². The Morgan fingerprint density at radius 1 is 1.20 bits per heavy atom. The van der Waals surface area contributed by atoms with E-state index in [4.69, 9.17) is 4.74 Å². The Kier molecular flexibility index (Phi) is 4.70. The van der Waals surface area contributed by atoms with E-state index in [0.717, 1.165) is 0 Å². The zero-order valence-corrected chi connectivity index (χ0v) is 12.0. The second kappa shape index (κ2) is 6.49. The molecule has 0 bridgehead atoms. The Balaban J connectivity index is 2.07. The largest absolute Gasteiger partial charge is 0.489 e. The topological polar surface area (TPSA) is 72.6 Å². The molecule has 0 amide bonds. The van der Waals surface area contributed by atoms with Crippen LogP contribution in [0.4, 0.5) is 5.69 Å². The molecule has 6 heteroatoms. The first kappa shape index (κ1) is 14.5. The minimum atomic E-state index is -0.716. The lowest BCUT2D eigenvalue weighted by molar-refractivity contribution is -0.385. The monoisotopic (exact) mass is 337 g/mol. The maximum absolute atomic E-state index is 10.9. The van der Waals surface area contributed by atoms with Crippen LogP contribution in [0.3, 0.4) is 0 Å². The molecular weight excluding hydrogens is 326 g/mol. The van der Waals surface area contributed by atoms with Crippen LogP contribution in [0.1, 0.15) is 16.1 Å². The number of halogens is 1. The Bertz CT molecular complexity index is 598. The Hall–Kier alpha value is -1.92. The normalized spacial score (nSPS) is 11.9. The van der Waals surface area contributed by atoms with Crippen molar-refractivity contribution in [3.63, 3.8) is 0 Å². The molecule has 0 fully saturated rings. The standard InChI is InChI=1S/C14H12BrNO4/c15-14(17)10-5-7-12(8-6-10)20-9-11-3-1-2-4-13(11)16(18)19/h1-8,14,17H,9H2. The molecule has 0 saturated heterocycles. The Labute approximate surface area is 124 Å². The van der Waals surface area contributed by atoms with Gasteiger partial charge in [-0.05, 0) is 23.8 Å². The number of nitro benzene ring substituents is 1. The van der Waals surface area contributed by atoms with Crippen molar-refractivity contribution in [2.75, 3.05) is 0 Å². The molecule has 0 radical (unpaired) electrons. The number of hydrogen-bond donors (Lipinski definition) is 1. The fourth-order valence-corrected chi connectivity index (χ4v) is 2.00. The summed E-state index contributed by atoms with van der Waals surface area (Å²) in [7, 11) is 0. The lowest BCUT2D eigenvalue weighted by Crippen LogP contribution is -2.00. The molecule has 0 aliphatic rings. The smallest absolute Gasteiger partial charge is 0.276 e. The van der Waals surface area contributed by atoms with Crippen molar-refractivity contribution >= 4 is 21.6 Å². The predicted octanol–water partition coefficient (Wildman–Crippen LogP) is 3.56. The van der Waals surface area contributed by atoms with Crippen molar-refractivity contribution < 1.29 is 14.8 Å². The van der Waals surface area contributed by atoms with Crippen LogP contribution in [-0.4, -0.2) is 10.0 Å². The number of rotatable bonds is 5. The summed E-state index contributed by atoms with van der Waals surface area (Å²) in [5, 5.41) is 19.5. The molecule has 1 N–H and O–H groups in total. The van der Waals surface area contributed by atoms with Crippen LogP contribution in [0.2, 0.25) is 0 Å². The van der Waals surface area contributed by atoms with Gasteiger partial charge in [0.1, 0.15) is 17.4 Å². The summed E-state index contributed by atoms with van der Waals surface area (Å²) >= 11 is 3.05. The lowest BCUT2D eigenvalue weighted by Gasteiger charge is -2.08. The van der Waals surface area contributed by atoms with E-state index in [1.54, 1.807) is 42.5 Å². The van der Waals surface area contributed by atoms with E-state index >= 15 is 0 Å². The number of nitro groups is 1. The quantitative estimate of drug-likeness (QED) is 0.514. The highest BCUT2D eigenvalue weighted by atomic mass is 79.9. The van der Waals surface area contributed by atoms with Gasteiger partial charge in [-0.2, -0.15) is 0 Å². The van der Waals surface area contributed by atoms with E-state index in [9.17, 15) is 15.2 Å². The van der Waals surface area contributed by atoms with Gasteiger partial charge in [-0.25, -0.2) is 0 Å². The third-order valence-corrected chi connectivity index (χ3v) is 3.27. The maximum Gasteiger partial charge on any atom is 0.276 e. The van der Waals surface area contributed by atoms with Crippen molar-refractivity contribution in [2.45, 2.75) is 11.6 Å². The molecule has 0 aliphatic heterocycles. The molecule has 0 heterocycles. The fraction of sp³-hybridized carbons (Fsp3) is 0.143. The second-order valence-corrected chi connectivity index (χ2v) is 4.95. The number of benzene rings is 2. The molecule has 20 heavy (non-hydrogen) atoms. The first-order chi connectivity index (χ1) is 9.58. The van der Waals surface area contributed by atoms with Crippen molar-refractivity contribution in [3.8, 4) is 5.75 Å². The molecule has 2 aromatic rings. The molecule has 104 valence electrons. The molecule has 0 aliphatic carbocycles. The van der Waals surface area contributed by atoms with Gasteiger partial charge in [-0.15, -0.1) is 0 Å². The number of hydrogen-bond acceptors (Lipinski definition) is 4. The van der Waals surface area contributed by atoms with Crippen LogP contribution >= 0.6 is 15.9 Å². The molecule has 5 nitrogen and oxygen atoms in total. The minimum Gasteiger partial charge on any atom is -0.489 e. The van der Waals surface area contributed by atoms with Crippen molar-refractivity contribution in [3.05, 3.63) is 69.8 Å². The van der Waals surface area contributed by atoms with Gasteiger partial charge in [0.25, 0.3) is 5.69 Å². The zero-order chi connectivity index (χ0) is 14.5. The first-order valence-corrected chi connectivity index (χ1v) is 6.76. The summed E-state index contributed by atoms with van der Waals surface area (Å²) in [5.41, 5.74) is 1.27. The van der Waals surface area contributed by atoms with Gasteiger partial charge >= 0.3 is 0 Å². The number of aliphatic hydroxyl groups excluding tert-OH is 1. The van der Waals surface area contributed by atoms with Crippen molar-refractivity contribution in [1.82, 2.24) is 0 Å². The highest BCUT2D eigenvalue weighted by Crippen LogP contribution is 2.23. The summed E-state index contributed by atoms with van der Waals surface area (Å²) < 4.78 is 5.52. The number of alkyl halides is 1. The lowest BCUT2D eigenvalue weighted by atomic mass is 10.2. The highest BCUT2D eigenvalue weighted by molar-refractivity contribution is 9.09. The van der Waals surface area contributed by atoms with Gasteiger partial charge in [0.2, 0.25) is 0 Å². The summed E-state index contributed by atoms with van der Waals surface area (Å²) in [6.07, 6.45) is 0. The summed E-state index contributed by atoms with van der Waals surface area (Å²) in [4.78, 5) is 10.4. The Morgan fingerprint density at radius 2 is 1.85 bits per heavy atom. The molecule has 2 aromatic carbocycles. The second-order valence-electron chi connectivity index (χ2n) is 4.08. The minimum absolute atomic E-state index is 0.0417. The van der Waals surface area contributed by atoms with Crippen LogP contribution in [0.15, 0.2) is 48.5 Å². The van der Waals surface area contributed by atoms with Gasteiger partial charge in [-0.1, -0.05) is 40.2 Å². The van der Waals surface area contributed by atoms with E-state index in [-0.39, 0.29) is 12.3 Å².